The normalized spacial score (nSPS) is 24.3. The lowest BCUT2D eigenvalue weighted by molar-refractivity contribution is -0.117. The first-order valence-corrected chi connectivity index (χ1v) is 12.4. The number of para-hydroxylation sites is 1. The lowest BCUT2D eigenvalue weighted by Crippen LogP contribution is -2.52. The Bertz CT molecular complexity index is 1150. The summed E-state index contributed by atoms with van der Waals surface area (Å²) in [4.78, 5) is 16.4. The van der Waals surface area contributed by atoms with Crippen LogP contribution in [-0.4, -0.2) is 59.0 Å². The van der Waals surface area contributed by atoms with E-state index in [0.29, 0.717) is 18.9 Å². The van der Waals surface area contributed by atoms with E-state index in [9.17, 15) is 10.0 Å². The van der Waals surface area contributed by atoms with Gasteiger partial charge in [0.15, 0.2) is 0 Å². The Labute approximate surface area is 200 Å². The summed E-state index contributed by atoms with van der Waals surface area (Å²) in [5.41, 5.74) is 4.11. The predicted octanol–water partition coefficient (Wildman–Crippen LogP) is 3.89. The lowest BCUT2D eigenvalue weighted by Gasteiger charge is -2.53. The fourth-order valence-corrected chi connectivity index (χ4v) is 6.27. The van der Waals surface area contributed by atoms with Gasteiger partial charge < -0.3 is 24.6 Å². The van der Waals surface area contributed by atoms with Crippen LogP contribution in [0.3, 0.4) is 0 Å². The van der Waals surface area contributed by atoms with E-state index >= 15 is 0 Å². The van der Waals surface area contributed by atoms with E-state index in [1.165, 1.54) is 16.6 Å². The molecule has 2 aromatic rings. The first kappa shape index (κ1) is 23.1. The average Bonchev–Trinajstić information content (AvgIpc) is 3.21. The molecule has 0 aliphatic carbocycles. The molecule has 5 rings (SSSR count). The standard InChI is InChI=1S/C26H34N4O4/c1-4-26-13-9-14-29-15-12-18-17-10-7-8-11-19(17)30(21(18)22(26)29)20(16-26)24(31)27-23(28-32)25(33-5-2)34-6-3/h7-8,10-11,16,22,25,32H,4-6,9,12-15H2,1-3H3,(H,27,28,31)/t22?,26-/m0/s1. The number of oxime groups is 1. The van der Waals surface area contributed by atoms with Gasteiger partial charge >= 0.3 is 0 Å². The van der Waals surface area contributed by atoms with Gasteiger partial charge in [-0.2, -0.15) is 0 Å². The molecule has 3 aliphatic rings. The van der Waals surface area contributed by atoms with E-state index in [-0.39, 0.29) is 23.2 Å². The van der Waals surface area contributed by atoms with E-state index in [2.05, 4.69) is 51.1 Å². The van der Waals surface area contributed by atoms with Crippen molar-refractivity contribution in [1.82, 2.24) is 14.8 Å². The lowest BCUT2D eigenvalue weighted by atomic mass is 9.66. The quantitative estimate of drug-likeness (QED) is 0.213. The molecule has 2 N–H and O–H groups in total. The SMILES string of the molecule is CCOC(OCC)/C(=N/O)NC(=O)C1=C[C@]2(CC)CCCN3CCc4c(n1c1ccccc41)C32. The fraction of sp³-hybridized carbons (Fsp3) is 0.538. The highest BCUT2D eigenvalue weighted by molar-refractivity contribution is 6.21. The zero-order valence-corrected chi connectivity index (χ0v) is 20.2. The number of benzene rings is 1. The van der Waals surface area contributed by atoms with Crippen LogP contribution in [0, 0.1) is 5.41 Å². The van der Waals surface area contributed by atoms with Crippen molar-refractivity contribution in [3.63, 3.8) is 0 Å². The molecule has 1 aromatic carbocycles. The molecule has 3 aliphatic heterocycles. The van der Waals surface area contributed by atoms with Crippen molar-refractivity contribution in [2.45, 2.75) is 58.8 Å². The number of nitrogens with zero attached hydrogens (tertiary/aromatic N) is 3. The minimum atomic E-state index is -0.943. The molecule has 182 valence electrons. The number of hydrogen-bond donors (Lipinski definition) is 2. The van der Waals surface area contributed by atoms with Crippen LogP contribution >= 0.6 is 0 Å². The number of hydrogen-bond acceptors (Lipinski definition) is 6. The van der Waals surface area contributed by atoms with Gasteiger partial charge in [0.05, 0.1) is 11.6 Å². The Balaban J connectivity index is 1.63. The van der Waals surface area contributed by atoms with E-state index in [0.717, 1.165) is 44.3 Å². The molecule has 0 radical (unpaired) electrons. The minimum Gasteiger partial charge on any atom is -0.409 e. The number of fused-ring (bicyclic) bond motifs is 3. The summed E-state index contributed by atoms with van der Waals surface area (Å²) in [5.74, 6) is -0.368. The van der Waals surface area contributed by atoms with Gasteiger partial charge in [-0.05, 0) is 63.8 Å². The zero-order valence-electron chi connectivity index (χ0n) is 20.2. The molecule has 2 atom stereocenters. The molecule has 4 heterocycles. The highest BCUT2D eigenvalue weighted by Crippen LogP contribution is 2.56. The third-order valence-electron chi connectivity index (χ3n) is 7.69. The second-order valence-corrected chi connectivity index (χ2v) is 9.31. The molecule has 8 heteroatoms. The number of rotatable bonds is 7. The molecular formula is C26H34N4O4. The van der Waals surface area contributed by atoms with Gasteiger partial charge in [-0.3, -0.25) is 9.69 Å². The molecule has 8 nitrogen and oxygen atoms in total. The number of amidine groups is 1. The van der Waals surface area contributed by atoms with Gasteiger partial charge in [-0.1, -0.05) is 30.3 Å². The van der Waals surface area contributed by atoms with Gasteiger partial charge in [0.1, 0.15) is 5.70 Å². The van der Waals surface area contributed by atoms with Crippen molar-refractivity contribution in [1.29, 1.82) is 0 Å². The third-order valence-corrected chi connectivity index (χ3v) is 7.69. The maximum atomic E-state index is 13.8. The van der Waals surface area contributed by atoms with E-state index in [4.69, 9.17) is 9.47 Å². The number of ether oxygens (including phenoxy) is 2. The Morgan fingerprint density at radius 1 is 1.24 bits per heavy atom. The van der Waals surface area contributed by atoms with Crippen molar-refractivity contribution in [2.75, 3.05) is 26.3 Å². The summed E-state index contributed by atoms with van der Waals surface area (Å²) in [5, 5.41) is 17.0. The topological polar surface area (TPSA) is 88.3 Å². The number of aromatic nitrogens is 1. The summed E-state index contributed by atoms with van der Waals surface area (Å²) in [6.45, 7) is 8.73. The van der Waals surface area contributed by atoms with Crippen LogP contribution in [-0.2, 0) is 20.7 Å². The number of nitrogens with one attached hydrogen (secondary N) is 1. The zero-order chi connectivity index (χ0) is 23.9. The summed E-state index contributed by atoms with van der Waals surface area (Å²) in [6, 6.07) is 8.61. The Kier molecular flexibility index (Phi) is 6.22. The molecule has 0 spiro atoms. The molecule has 1 unspecified atom stereocenters. The molecule has 1 aromatic heterocycles. The number of piperidine rings is 1. The van der Waals surface area contributed by atoms with Crippen LogP contribution in [0.25, 0.3) is 16.6 Å². The van der Waals surface area contributed by atoms with Gasteiger partial charge in [-0.25, -0.2) is 0 Å². The fourth-order valence-electron chi connectivity index (χ4n) is 6.27. The maximum Gasteiger partial charge on any atom is 0.273 e. The number of carbonyl (C=O) groups excluding carboxylic acids is 1. The van der Waals surface area contributed by atoms with Crippen molar-refractivity contribution in [3.8, 4) is 0 Å². The Hall–Kier alpha value is -2.68. The van der Waals surface area contributed by atoms with Crippen molar-refractivity contribution >= 4 is 28.3 Å². The molecule has 1 amide bonds. The largest absolute Gasteiger partial charge is 0.409 e. The van der Waals surface area contributed by atoms with Crippen LogP contribution in [0.1, 0.15) is 57.3 Å². The summed E-state index contributed by atoms with van der Waals surface area (Å²) < 4.78 is 13.3. The van der Waals surface area contributed by atoms with Crippen molar-refractivity contribution < 1.29 is 19.5 Å². The molecule has 0 saturated carbocycles. The second-order valence-electron chi connectivity index (χ2n) is 9.31. The molecule has 0 bridgehead atoms. The van der Waals surface area contributed by atoms with Crippen LogP contribution in [0.5, 0.6) is 0 Å². The van der Waals surface area contributed by atoms with E-state index in [1.54, 1.807) is 0 Å². The first-order chi connectivity index (χ1) is 16.6. The van der Waals surface area contributed by atoms with Gasteiger partial charge in [-0.15, -0.1) is 0 Å². The monoisotopic (exact) mass is 466 g/mol. The van der Waals surface area contributed by atoms with Crippen LogP contribution in [0.4, 0.5) is 0 Å². The molecular weight excluding hydrogens is 432 g/mol. The maximum absolute atomic E-state index is 13.8. The van der Waals surface area contributed by atoms with Crippen molar-refractivity contribution in [3.05, 3.63) is 41.6 Å². The van der Waals surface area contributed by atoms with Gasteiger partial charge in [0, 0.05) is 36.3 Å². The van der Waals surface area contributed by atoms with Crippen molar-refractivity contribution in [2.24, 2.45) is 10.6 Å². The summed E-state index contributed by atoms with van der Waals surface area (Å²) >= 11 is 0. The van der Waals surface area contributed by atoms with Gasteiger partial charge in [0.25, 0.3) is 5.91 Å². The highest BCUT2D eigenvalue weighted by atomic mass is 16.7. The second kappa shape index (κ2) is 9.17. The highest BCUT2D eigenvalue weighted by Gasteiger charge is 2.51. The van der Waals surface area contributed by atoms with E-state index < -0.39 is 6.29 Å². The van der Waals surface area contributed by atoms with Crippen LogP contribution < -0.4 is 5.32 Å². The summed E-state index contributed by atoms with van der Waals surface area (Å²) in [6.07, 6.45) is 5.33. The minimum absolute atomic E-state index is 0.0436. The van der Waals surface area contributed by atoms with Gasteiger partial charge in [0.2, 0.25) is 12.1 Å². The third kappa shape index (κ3) is 3.47. The smallest absolute Gasteiger partial charge is 0.273 e. The van der Waals surface area contributed by atoms with Crippen LogP contribution in [0.15, 0.2) is 35.5 Å². The summed E-state index contributed by atoms with van der Waals surface area (Å²) in [7, 11) is 0. The molecule has 34 heavy (non-hydrogen) atoms. The number of carbonyl (C=O) groups is 1. The van der Waals surface area contributed by atoms with E-state index in [1.807, 2.05) is 19.9 Å². The first-order valence-electron chi connectivity index (χ1n) is 12.4. The Morgan fingerprint density at radius 2 is 2.00 bits per heavy atom. The Morgan fingerprint density at radius 3 is 2.71 bits per heavy atom. The number of amides is 1. The molecule has 1 fully saturated rings. The molecule has 1 saturated heterocycles. The van der Waals surface area contributed by atoms with Crippen LogP contribution in [0.2, 0.25) is 0 Å². The average molecular weight is 467 g/mol. The predicted molar refractivity (Wildman–Crippen MR) is 131 cm³/mol.